The highest BCUT2D eigenvalue weighted by Crippen LogP contribution is 2.26. The summed E-state index contributed by atoms with van der Waals surface area (Å²) in [6.07, 6.45) is 4.99. The first-order valence-corrected chi connectivity index (χ1v) is 7.55. The van der Waals surface area contributed by atoms with Gasteiger partial charge in [0.2, 0.25) is 0 Å². The van der Waals surface area contributed by atoms with Crippen LogP contribution in [0.4, 0.5) is 0 Å². The zero-order chi connectivity index (χ0) is 14.7. The molecule has 21 heavy (non-hydrogen) atoms. The molecule has 4 nitrogen and oxygen atoms in total. The Morgan fingerprint density at radius 2 is 2.19 bits per heavy atom. The van der Waals surface area contributed by atoms with Crippen LogP contribution in [0.5, 0.6) is 5.75 Å². The number of benzene rings is 1. The Labute approximate surface area is 125 Å². The molecule has 1 unspecified atom stereocenters. The maximum absolute atomic E-state index is 9.60. The summed E-state index contributed by atoms with van der Waals surface area (Å²) in [5, 5.41) is 14.1. The highest BCUT2D eigenvalue weighted by atomic mass is 16.5. The molecule has 2 N–H and O–H groups in total. The molecule has 1 heterocycles. The van der Waals surface area contributed by atoms with Gasteiger partial charge in [-0.1, -0.05) is 6.07 Å². The number of rotatable bonds is 7. The summed E-state index contributed by atoms with van der Waals surface area (Å²) in [5.74, 6) is 0.854. The Kier molecular flexibility index (Phi) is 4.08. The van der Waals surface area contributed by atoms with Crippen LogP contribution in [0.2, 0.25) is 0 Å². The molecule has 1 aromatic carbocycles. The second kappa shape index (κ2) is 6.00. The average Bonchev–Trinajstić information content (AvgIpc) is 3.31. The van der Waals surface area contributed by atoms with Crippen molar-refractivity contribution in [2.24, 2.45) is 0 Å². The van der Waals surface area contributed by atoms with Crippen molar-refractivity contribution in [3.63, 3.8) is 0 Å². The minimum absolute atomic E-state index is 0.129. The molecular formula is C17H22N2O2. The number of nitrogens with zero attached hydrogens (tertiary/aromatic N) is 1. The van der Waals surface area contributed by atoms with Gasteiger partial charge in [0.1, 0.15) is 5.75 Å². The van der Waals surface area contributed by atoms with Gasteiger partial charge in [-0.3, -0.25) is 4.98 Å². The third kappa shape index (κ3) is 3.52. The van der Waals surface area contributed by atoms with Gasteiger partial charge < -0.3 is 15.2 Å². The minimum Gasteiger partial charge on any atom is -0.493 e. The zero-order valence-electron chi connectivity index (χ0n) is 12.4. The first kappa shape index (κ1) is 14.3. The summed E-state index contributed by atoms with van der Waals surface area (Å²) in [7, 11) is 0. The smallest absolute Gasteiger partial charge is 0.128 e. The van der Waals surface area contributed by atoms with Crippen LogP contribution in [0.25, 0.3) is 10.9 Å². The molecule has 1 fully saturated rings. The molecule has 3 rings (SSSR count). The Morgan fingerprint density at radius 1 is 1.33 bits per heavy atom. The van der Waals surface area contributed by atoms with Crippen molar-refractivity contribution < 1.29 is 9.84 Å². The molecule has 0 radical (unpaired) electrons. The molecule has 0 aliphatic heterocycles. The van der Waals surface area contributed by atoms with Gasteiger partial charge in [0.25, 0.3) is 0 Å². The lowest BCUT2D eigenvalue weighted by Crippen LogP contribution is -2.48. The Bertz CT molecular complexity index is 607. The summed E-state index contributed by atoms with van der Waals surface area (Å²) in [5.41, 5.74) is 0.681. The molecule has 112 valence electrons. The molecule has 0 spiro atoms. The second-order valence-corrected chi connectivity index (χ2v) is 6.06. The topological polar surface area (TPSA) is 54.4 Å². The number of hydrogen-bond acceptors (Lipinski definition) is 4. The number of hydrogen-bond donors (Lipinski definition) is 2. The van der Waals surface area contributed by atoms with Crippen LogP contribution in [0.15, 0.2) is 36.5 Å². The van der Waals surface area contributed by atoms with E-state index in [1.807, 2.05) is 30.3 Å². The Balaban J connectivity index is 1.63. The van der Waals surface area contributed by atoms with Crippen molar-refractivity contribution in [1.82, 2.24) is 10.3 Å². The molecule has 1 aromatic heterocycles. The first-order valence-electron chi connectivity index (χ1n) is 7.55. The van der Waals surface area contributed by atoms with Crippen molar-refractivity contribution in [3.05, 3.63) is 36.5 Å². The molecule has 1 aliphatic rings. The number of nitrogens with one attached hydrogen (secondary N) is 1. The van der Waals surface area contributed by atoms with E-state index in [9.17, 15) is 5.11 Å². The molecular weight excluding hydrogens is 264 g/mol. The molecule has 1 aliphatic carbocycles. The highest BCUT2D eigenvalue weighted by Gasteiger charge is 2.31. The van der Waals surface area contributed by atoms with Gasteiger partial charge in [-0.05, 0) is 44.0 Å². The van der Waals surface area contributed by atoms with Gasteiger partial charge in [-0.25, -0.2) is 0 Å². The van der Waals surface area contributed by atoms with E-state index in [0.29, 0.717) is 12.6 Å². The predicted octanol–water partition coefficient (Wildman–Crippen LogP) is 2.51. The van der Waals surface area contributed by atoms with E-state index in [2.05, 4.69) is 17.2 Å². The summed E-state index contributed by atoms with van der Waals surface area (Å²) >= 11 is 0. The van der Waals surface area contributed by atoms with Gasteiger partial charge in [0.15, 0.2) is 0 Å². The molecule has 0 saturated heterocycles. The maximum Gasteiger partial charge on any atom is 0.128 e. The highest BCUT2D eigenvalue weighted by molar-refractivity contribution is 5.84. The lowest BCUT2D eigenvalue weighted by molar-refractivity contribution is 0.143. The van der Waals surface area contributed by atoms with Gasteiger partial charge in [-0.15, -0.1) is 0 Å². The van der Waals surface area contributed by atoms with Crippen molar-refractivity contribution in [1.29, 1.82) is 0 Å². The number of aliphatic hydroxyl groups excluding tert-OH is 1. The quantitative estimate of drug-likeness (QED) is 0.821. The predicted molar refractivity (Wildman–Crippen MR) is 83.5 cm³/mol. The molecule has 0 bridgehead atoms. The summed E-state index contributed by atoms with van der Waals surface area (Å²) in [6.45, 7) is 2.76. The normalized spacial score (nSPS) is 17.6. The van der Waals surface area contributed by atoms with Crippen LogP contribution in [-0.2, 0) is 0 Å². The van der Waals surface area contributed by atoms with E-state index in [0.717, 1.165) is 23.1 Å². The third-order valence-electron chi connectivity index (χ3n) is 4.00. The summed E-state index contributed by atoms with van der Waals surface area (Å²) in [6, 6.07) is 10.4. The van der Waals surface area contributed by atoms with Crippen LogP contribution < -0.4 is 10.1 Å². The fourth-order valence-electron chi connectivity index (χ4n) is 2.50. The third-order valence-corrected chi connectivity index (χ3v) is 4.00. The molecule has 1 saturated carbocycles. The van der Waals surface area contributed by atoms with E-state index >= 15 is 0 Å². The largest absolute Gasteiger partial charge is 0.493 e. The monoisotopic (exact) mass is 286 g/mol. The van der Waals surface area contributed by atoms with Crippen LogP contribution in [-0.4, -0.2) is 34.9 Å². The number of pyridine rings is 1. The van der Waals surface area contributed by atoms with Crippen LogP contribution in [0.3, 0.4) is 0 Å². The number of aromatic nitrogens is 1. The average molecular weight is 286 g/mol. The number of fused-ring (bicyclic) bond motifs is 1. The van der Waals surface area contributed by atoms with Crippen molar-refractivity contribution in [3.8, 4) is 5.75 Å². The SMILES string of the molecule is CC(CO)(CCOc1cccc2ncccc12)NC1CC1. The fraction of sp³-hybridized carbons (Fsp3) is 0.471. The second-order valence-electron chi connectivity index (χ2n) is 6.06. The van der Waals surface area contributed by atoms with Gasteiger partial charge in [-0.2, -0.15) is 0 Å². The molecule has 0 amide bonds. The Morgan fingerprint density at radius 3 is 2.95 bits per heavy atom. The van der Waals surface area contributed by atoms with Gasteiger partial charge in [0, 0.05) is 29.6 Å². The van der Waals surface area contributed by atoms with Crippen molar-refractivity contribution in [2.45, 2.75) is 37.8 Å². The van der Waals surface area contributed by atoms with Crippen LogP contribution >= 0.6 is 0 Å². The van der Waals surface area contributed by atoms with E-state index in [4.69, 9.17) is 4.74 Å². The Hall–Kier alpha value is -1.65. The molecule has 4 heteroatoms. The minimum atomic E-state index is -0.260. The number of ether oxygens (including phenoxy) is 1. The van der Waals surface area contributed by atoms with Crippen LogP contribution in [0, 0.1) is 0 Å². The van der Waals surface area contributed by atoms with Crippen molar-refractivity contribution >= 4 is 10.9 Å². The van der Waals surface area contributed by atoms with E-state index in [1.165, 1.54) is 12.8 Å². The molecule has 2 aromatic rings. The lowest BCUT2D eigenvalue weighted by Gasteiger charge is -2.29. The summed E-state index contributed by atoms with van der Waals surface area (Å²) < 4.78 is 5.93. The first-order chi connectivity index (χ1) is 10.2. The zero-order valence-corrected chi connectivity index (χ0v) is 12.4. The van der Waals surface area contributed by atoms with E-state index < -0.39 is 0 Å². The van der Waals surface area contributed by atoms with Crippen LogP contribution in [0.1, 0.15) is 26.2 Å². The maximum atomic E-state index is 9.60. The lowest BCUT2D eigenvalue weighted by atomic mass is 9.99. The standard InChI is InChI=1S/C17H22N2O2/c1-17(12-20,19-13-7-8-13)9-11-21-16-6-2-5-15-14(16)4-3-10-18-15/h2-6,10,13,19-20H,7-9,11-12H2,1H3. The summed E-state index contributed by atoms with van der Waals surface area (Å²) in [4.78, 5) is 4.33. The van der Waals surface area contributed by atoms with Crippen molar-refractivity contribution in [2.75, 3.05) is 13.2 Å². The fourth-order valence-corrected chi connectivity index (χ4v) is 2.50. The van der Waals surface area contributed by atoms with E-state index in [-0.39, 0.29) is 12.1 Å². The molecule has 1 atom stereocenters. The van der Waals surface area contributed by atoms with Gasteiger partial charge >= 0.3 is 0 Å². The number of aliphatic hydroxyl groups is 1. The van der Waals surface area contributed by atoms with E-state index in [1.54, 1.807) is 6.20 Å². The van der Waals surface area contributed by atoms with Gasteiger partial charge in [0.05, 0.1) is 18.7 Å².